The number of nitrogens with zero attached hydrogens (tertiary/aromatic N) is 3. The molecule has 1 aromatic carbocycles. The number of aromatic nitrogens is 1. The minimum Gasteiger partial charge on any atom is -0.350 e. The lowest BCUT2D eigenvalue weighted by atomic mass is 10.1. The van der Waals surface area contributed by atoms with Crippen LogP contribution >= 0.6 is 0 Å². The van der Waals surface area contributed by atoms with Crippen LogP contribution in [0, 0.1) is 18.3 Å². The quantitative estimate of drug-likeness (QED) is 0.800. The van der Waals surface area contributed by atoms with E-state index in [-0.39, 0.29) is 18.2 Å². The van der Waals surface area contributed by atoms with Crippen LogP contribution < -0.4 is 0 Å². The molecule has 0 spiro atoms. The van der Waals surface area contributed by atoms with Crippen LogP contribution in [0.1, 0.15) is 23.0 Å². The molecule has 0 radical (unpaired) electrons. The number of rotatable bonds is 4. The third kappa shape index (κ3) is 2.86. The second kappa shape index (κ2) is 6.02. The lowest BCUT2D eigenvalue weighted by Crippen LogP contribution is -2.30. The second-order valence-corrected chi connectivity index (χ2v) is 4.42. The molecule has 0 aliphatic rings. The van der Waals surface area contributed by atoms with E-state index in [2.05, 4.69) is 5.16 Å². The van der Waals surface area contributed by atoms with Gasteiger partial charge in [0.15, 0.2) is 0 Å². The highest BCUT2D eigenvalue weighted by Crippen LogP contribution is 2.20. The van der Waals surface area contributed by atoms with E-state index in [0.717, 1.165) is 11.1 Å². The topological polar surface area (TPSA) is 70.1 Å². The molecular weight excluding hydrogens is 254 g/mol. The number of carbonyl (C=O) groups excluding carboxylic acids is 1. The van der Waals surface area contributed by atoms with E-state index in [9.17, 15) is 4.79 Å². The number of aryl methyl sites for hydroxylation is 1. The SMILES string of the molecule is CCN(CC#N)C(=O)c1cc(-c2ccc(C)cc2)no1. The van der Waals surface area contributed by atoms with E-state index < -0.39 is 0 Å². The summed E-state index contributed by atoms with van der Waals surface area (Å²) in [6.45, 7) is 4.30. The third-order valence-corrected chi connectivity index (χ3v) is 3.00. The van der Waals surface area contributed by atoms with Gasteiger partial charge in [-0.3, -0.25) is 4.79 Å². The van der Waals surface area contributed by atoms with Gasteiger partial charge in [-0.05, 0) is 13.8 Å². The van der Waals surface area contributed by atoms with Gasteiger partial charge < -0.3 is 9.42 Å². The average Bonchev–Trinajstić information content (AvgIpc) is 2.94. The molecule has 20 heavy (non-hydrogen) atoms. The summed E-state index contributed by atoms with van der Waals surface area (Å²) in [6, 6.07) is 11.4. The smallest absolute Gasteiger partial charge is 0.293 e. The number of hydrogen-bond acceptors (Lipinski definition) is 4. The summed E-state index contributed by atoms with van der Waals surface area (Å²) in [5, 5.41) is 12.6. The normalized spacial score (nSPS) is 10.1. The van der Waals surface area contributed by atoms with Gasteiger partial charge in [0.25, 0.3) is 5.91 Å². The van der Waals surface area contributed by atoms with Crippen molar-refractivity contribution in [3.05, 3.63) is 41.7 Å². The average molecular weight is 269 g/mol. The van der Waals surface area contributed by atoms with Gasteiger partial charge in [-0.2, -0.15) is 5.26 Å². The van der Waals surface area contributed by atoms with Gasteiger partial charge in [-0.25, -0.2) is 0 Å². The molecule has 1 heterocycles. The summed E-state index contributed by atoms with van der Waals surface area (Å²) in [5.41, 5.74) is 2.66. The van der Waals surface area contributed by atoms with E-state index in [1.54, 1.807) is 6.07 Å². The zero-order valence-corrected chi connectivity index (χ0v) is 11.5. The molecule has 2 aromatic rings. The van der Waals surface area contributed by atoms with Crippen LogP contribution in [-0.4, -0.2) is 29.1 Å². The molecule has 5 nitrogen and oxygen atoms in total. The summed E-state index contributed by atoms with van der Waals surface area (Å²) in [6.07, 6.45) is 0. The highest BCUT2D eigenvalue weighted by molar-refractivity contribution is 5.92. The second-order valence-electron chi connectivity index (χ2n) is 4.42. The van der Waals surface area contributed by atoms with Crippen molar-refractivity contribution in [2.24, 2.45) is 0 Å². The van der Waals surface area contributed by atoms with Crippen molar-refractivity contribution in [2.75, 3.05) is 13.1 Å². The maximum absolute atomic E-state index is 12.1. The van der Waals surface area contributed by atoms with Crippen molar-refractivity contribution < 1.29 is 9.32 Å². The van der Waals surface area contributed by atoms with E-state index in [1.165, 1.54) is 4.90 Å². The molecule has 0 aliphatic heterocycles. The van der Waals surface area contributed by atoms with Gasteiger partial charge in [-0.1, -0.05) is 35.0 Å². The van der Waals surface area contributed by atoms with Crippen LogP contribution in [0.4, 0.5) is 0 Å². The first kappa shape index (κ1) is 13.8. The molecule has 0 aliphatic carbocycles. The van der Waals surface area contributed by atoms with E-state index in [4.69, 9.17) is 9.78 Å². The fraction of sp³-hybridized carbons (Fsp3) is 0.267. The molecule has 5 heteroatoms. The molecule has 1 aromatic heterocycles. The van der Waals surface area contributed by atoms with Gasteiger partial charge in [-0.15, -0.1) is 0 Å². The molecule has 0 fully saturated rings. The maximum atomic E-state index is 12.1. The van der Waals surface area contributed by atoms with Crippen molar-refractivity contribution >= 4 is 5.91 Å². The Labute approximate surface area is 117 Å². The van der Waals surface area contributed by atoms with Gasteiger partial charge in [0.1, 0.15) is 12.2 Å². The highest BCUT2D eigenvalue weighted by Gasteiger charge is 2.19. The minimum atomic E-state index is -0.320. The Morgan fingerprint density at radius 1 is 1.40 bits per heavy atom. The van der Waals surface area contributed by atoms with Gasteiger partial charge in [0.05, 0.1) is 6.07 Å². The van der Waals surface area contributed by atoms with Crippen LogP contribution in [-0.2, 0) is 0 Å². The van der Waals surface area contributed by atoms with E-state index >= 15 is 0 Å². The number of nitriles is 1. The Morgan fingerprint density at radius 3 is 2.70 bits per heavy atom. The number of amides is 1. The minimum absolute atomic E-state index is 0.0376. The lowest BCUT2D eigenvalue weighted by Gasteiger charge is -2.14. The van der Waals surface area contributed by atoms with Crippen molar-refractivity contribution in [1.29, 1.82) is 5.26 Å². The first-order valence-electron chi connectivity index (χ1n) is 6.35. The number of carbonyl (C=O) groups is 1. The number of benzene rings is 1. The summed E-state index contributed by atoms with van der Waals surface area (Å²) in [5.74, 6) is -0.169. The van der Waals surface area contributed by atoms with Crippen LogP contribution in [0.25, 0.3) is 11.3 Å². The summed E-state index contributed by atoms with van der Waals surface area (Å²) >= 11 is 0. The predicted octanol–water partition coefficient (Wildman–Crippen LogP) is 2.64. The molecule has 0 saturated carbocycles. The van der Waals surface area contributed by atoms with Crippen LogP contribution in [0.5, 0.6) is 0 Å². The first-order valence-corrected chi connectivity index (χ1v) is 6.35. The standard InChI is InChI=1S/C15H15N3O2/c1-3-18(9-8-16)15(19)14-10-13(17-20-14)12-6-4-11(2)5-7-12/h4-7,10H,3,9H2,1-2H3. The zero-order chi connectivity index (χ0) is 14.5. The Hall–Kier alpha value is -2.61. The summed E-state index contributed by atoms with van der Waals surface area (Å²) in [4.78, 5) is 13.5. The molecule has 0 saturated heterocycles. The van der Waals surface area contributed by atoms with Gasteiger partial charge >= 0.3 is 0 Å². The molecule has 2 rings (SSSR count). The fourth-order valence-corrected chi connectivity index (χ4v) is 1.80. The largest absolute Gasteiger partial charge is 0.350 e. The van der Waals surface area contributed by atoms with Crippen molar-refractivity contribution in [3.8, 4) is 17.3 Å². The molecule has 1 amide bonds. The Kier molecular flexibility index (Phi) is 4.16. The van der Waals surface area contributed by atoms with Crippen LogP contribution in [0.3, 0.4) is 0 Å². The predicted molar refractivity (Wildman–Crippen MR) is 73.9 cm³/mol. The first-order chi connectivity index (χ1) is 9.65. The summed E-state index contributed by atoms with van der Waals surface area (Å²) in [7, 11) is 0. The van der Waals surface area contributed by atoms with Gasteiger partial charge in [0.2, 0.25) is 5.76 Å². The van der Waals surface area contributed by atoms with Gasteiger partial charge in [0, 0.05) is 18.2 Å². The van der Waals surface area contributed by atoms with Crippen molar-refractivity contribution in [1.82, 2.24) is 10.1 Å². The Morgan fingerprint density at radius 2 is 2.10 bits per heavy atom. The third-order valence-electron chi connectivity index (χ3n) is 3.00. The van der Waals surface area contributed by atoms with Crippen molar-refractivity contribution in [2.45, 2.75) is 13.8 Å². The van der Waals surface area contributed by atoms with Crippen LogP contribution in [0.15, 0.2) is 34.9 Å². The summed E-state index contributed by atoms with van der Waals surface area (Å²) < 4.78 is 5.09. The Bertz CT molecular complexity index is 638. The highest BCUT2D eigenvalue weighted by atomic mass is 16.5. The molecule has 102 valence electrons. The fourth-order valence-electron chi connectivity index (χ4n) is 1.80. The maximum Gasteiger partial charge on any atom is 0.293 e. The molecule has 0 atom stereocenters. The van der Waals surface area contributed by atoms with E-state index in [0.29, 0.717) is 12.2 Å². The molecule has 0 unspecified atom stereocenters. The monoisotopic (exact) mass is 269 g/mol. The van der Waals surface area contributed by atoms with E-state index in [1.807, 2.05) is 44.2 Å². The van der Waals surface area contributed by atoms with Crippen LogP contribution in [0.2, 0.25) is 0 Å². The van der Waals surface area contributed by atoms with Crippen molar-refractivity contribution in [3.63, 3.8) is 0 Å². The zero-order valence-electron chi connectivity index (χ0n) is 11.5. The molecular formula is C15H15N3O2. The number of hydrogen-bond donors (Lipinski definition) is 0. The molecule has 0 N–H and O–H groups in total. The lowest BCUT2D eigenvalue weighted by molar-refractivity contribution is 0.0742. The molecule has 0 bridgehead atoms. The Balaban J connectivity index is 2.22.